The van der Waals surface area contributed by atoms with Crippen molar-refractivity contribution in [1.82, 2.24) is 0 Å². The van der Waals surface area contributed by atoms with Gasteiger partial charge in [0, 0.05) is 18.0 Å². The molecule has 0 saturated heterocycles. The van der Waals surface area contributed by atoms with Crippen molar-refractivity contribution in [2.24, 2.45) is 5.73 Å². The summed E-state index contributed by atoms with van der Waals surface area (Å²) < 4.78 is 5.00. The zero-order valence-corrected chi connectivity index (χ0v) is 9.11. The van der Waals surface area contributed by atoms with Gasteiger partial charge >= 0.3 is 5.97 Å². The number of rotatable bonds is 5. The molecule has 0 radical (unpaired) electrons. The number of nitrogens with one attached hydrogen (secondary N) is 1. The number of carbonyl (C=O) groups is 2. The van der Waals surface area contributed by atoms with E-state index >= 15 is 0 Å². The predicted molar refractivity (Wildman–Crippen MR) is 57.2 cm³/mol. The lowest BCUT2D eigenvalue weighted by Crippen LogP contribution is -2.35. The van der Waals surface area contributed by atoms with Crippen molar-refractivity contribution in [3.05, 3.63) is 17.9 Å². The summed E-state index contributed by atoms with van der Waals surface area (Å²) in [6.45, 7) is 3.53. The van der Waals surface area contributed by atoms with Crippen LogP contribution in [0.3, 0.4) is 0 Å². The molecule has 0 aromatic carbocycles. The van der Waals surface area contributed by atoms with Crippen LogP contribution >= 0.6 is 0 Å². The number of nitrogens with two attached hydrogens (primary N) is 1. The third-order valence-corrected chi connectivity index (χ3v) is 1.89. The number of carboxylic acid groups (broad SMARTS) is 1. The van der Waals surface area contributed by atoms with Crippen molar-refractivity contribution in [3.8, 4) is 0 Å². The molecule has 0 aliphatic rings. The maximum absolute atomic E-state index is 10.8. The number of hydrogen-bond acceptors (Lipinski definition) is 4. The molecular formula is C10H14N2O4. The minimum Gasteiger partial charge on any atom is -0.475 e. The minimum atomic E-state index is -1.14. The fourth-order valence-electron chi connectivity index (χ4n) is 1.33. The van der Waals surface area contributed by atoms with E-state index in [2.05, 4.69) is 5.32 Å². The second kappa shape index (κ2) is 4.26. The van der Waals surface area contributed by atoms with Crippen LogP contribution in [0.15, 0.2) is 16.5 Å². The van der Waals surface area contributed by atoms with E-state index in [1.807, 2.05) is 0 Å². The highest BCUT2D eigenvalue weighted by atomic mass is 16.4. The van der Waals surface area contributed by atoms with Gasteiger partial charge in [-0.1, -0.05) is 0 Å². The van der Waals surface area contributed by atoms with Gasteiger partial charge in [0.05, 0.1) is 0 Å². The molecule has 1 heterocycles. The lowest BCUT2D eigenvalue weighted by Gasteiger charge is -2.24. The maximum atomic E-state index is 10.8. The van der Waals surface area contributed by atoms with E-state index in [-0.39, 0.29) is 12.2 Å². The van der Waals surface area contributed by atoms with E-state index in [9.17, 15) is 9.59 Å². The Morgan fingerprint density at radius 3 is 2.56 bits per heavy atom. The molecule has 1 amide bonds. The Hall–Kier alpha value is -1.98. The van der Waals surface area contributed by atoms with Crippen molar-refractivity contribution in [2.45, 2.75) is 25.8 Å². The minimum absolute atomic E-state index is 0.121. The molecule has 1 aromatic heterocycles. The number of furan rings is 1. The Balaban J connectivity index is 2.72. The van der Waals surface area contributed by atoms with Crippen LogP contribution in [-0.4, -0.2) is 22.5 Å². The van der Waals surface area contributed by atoms with Gasteiger partial charge in [-0.3, -0.25) is 4.79 Å². The number of carboxylic acids is 1. The molecule has 4 N–H and O–H groups in total. The van der Waals surface area contributed by atoms with Crippen molar-refractivity contribution in [1.29, 1.82) is 0 Å². The Bertz CT molecular complexity index is 409. The van der Waals surface area contributed by atoms with E-state index < -0.39 is 17.4 Å². The smallest absolute Gasteiger partial charge is 0.371 e. The fourth-order valence-corrected chi connectivity index (χ4v) is 1.33. The predicted octanol–water partition coefficient (Wildman–Crippen LogP) is 1.04. The molecule has 0 spiro atoms. The molecule has 16 heavy (non-hydrogen) atoms. The Kier molecular flexibility index (Phi) is 3.22. The van der Waals surface area contributed by atoms with Crippen LogP contribution in [0, 0.1) is 0 Å². The summed E-state index contributed by atoms with van der Waals surface area (Å²) in [7, 11) is 0. The quantitative estimate of drug-likeness (QED) is 0.695. The standard InChI is InChI=1S/C10H14N2O4/c1-10(2,5-7(11)13)12-8-4-3-6(16-8)9(14)15/h3-4,12H,5H2,1-2H3,(H2,11,13)(H,14,15). The van der Waals surface area contributed by atoms with Crippen LogP contribution < -0.4 is 11.1 Å². The third kappa shape index (κ3) is 3.30. The summed E-state index contributed by atoms with van der Waals surface area (Å²) in [6.07, 6.45) is 0.121. The van der Waals surface area contributed by atoms with Crippen LogP contribution in [0.4, 0.5) is 5.88 Å². The molecule has 88 valence electrons. The average Bonchev–Trinajstić information content (AvgIpc) is 2.48. The molecule has 6 nitrogen and oxygen atoms in total. The number of amides is 1. The van der Waals surface area contributed by atoms with Gasteiger partial charge < -0.3 is 20.6 Å². The molecule has 1 aromatic rings. The summed E-state index contributed by atoms with van der Waals surface area (Å²) in [5.74, 6) is -1.44. The first-order valence-electron chi connectivity index (χ1n) is 4.70. The molecule has 0 aliphatic heterocycles. The van der Waals surface area contributed by atoms with E-state index in [0.717, 1.165) is 0 Å². The Morgan fingerprint density at radius 1 is 1.50 bits per heavy atom. The summed E-state index contributed by atoms with van der Waals surface area (Å²) in [4.78, 5) is 21.3. The summed E-state index contributed by atoms with van der Waals surface area (Å²) in [6, 6.07) is 2.83. The van der Waals surface area contributed by atoms with Crippen LogP contribution in [-0.2, 0) is 4.79 Å². The molecule has 0 bridgehead atoms. The van der Waals surface area contributed by atoms with Crippen molar-refractivity contribution >= 4 is 17.8 Å². The largest absolute Gasteiger partial charge is 0.475 e. The molecule has 0 fully saturated rings. The van der Waals surface area contributed by atoms with E-state index in [1.54, 1.807) is 13.8 Å². The first kappa shape index (κ1) is 12.1. The molecule has 0 unspecified atom stereocenters. The number of hydrogen-bond donors (Lipinski definition) is 3. The highest BCUT2D eigenvalue weighted by Gasteiger charge is 2.22. The zero-order valence-electron chi connectivity index (χ0n) is 9.11. The number of anilines is 1. The van der Waals surface area contributed by atoms with E-state index in [0.29, 0.717) is 5.88 Å². The highest BCUT2D eigenvalue weighted by molar-refractivity contribution is 5.84. The van der Waals surface area contributed by atoms with Crippen LogP contribution in [0.2, 0.25) is 0 Å². The van der Waals surface area contributed by atoms with Crippen molar-refractivity contribution in [2.75, 3.05) is 5.32 Å². The van der Waals surface area contributed by atoms with Crippen LogP contribution in [0.5, 0.6) is 0 Å². The SMILES string of the molecule is CC(C)(CC(N)=O)Nc1ccc(C(=O)O)o1. The molecule has 0 aliphatic carbocycles. The average molecular weight is 226 g/mol. The molecule has 6 heteroatoms. The molecule has 1 rings (SSSR count). The van der Waals surface area contributed by atoms with Crippen LogP contribution in [0.25, 0.3) is 0 Å². The normalized spacial score (nSPS) is 11.1. The van der Waals surface area contributed by atoms with Gasteiger partial charge in [0.2, 0.25) is 11.7 Å². The summed E-state index contributed by atoms with van der Waals surface area (Å²) in [5.41, 5.74) is 4.50. The lowest BCUT2D eigenvalue weighted by atomic mass is 10.0. The molecular weight excluding hydrogens is 212 g/mol. The van der Waals surface area contributed by atoms with Crippen LogP contribution in [0.1, 0.15) is 30.8 Å². The number of aromatic carboxylic acids is 1. The first-order valence-corrected chi connectivity index (χ1v) is 4.70. The Labute approximate surface area is 92.4 Å². The van der Waals surface area contributed by atoms with Gasteiger partial charge in [0.15, 0.2) is 5.88 Å². The van der Waals surface area contributed by atoms with E-state index in [1.165, 1.54) is 12.1 Å². The Morgan fingerprint density at radius 2 is 2.12 bits per heavy atom. The number of carbonyl (C=O) groups excluding carboxylic acids is 1. The highest BCUT2D eigenvalue weighted by Crippen LogP contribution is 2.20. The molecule has 0 saturated carbocycles. The maximum Gasteiger partial charge on any atom is 0.371 e. The van der Waals surface area contributed by atoms with Gasteiger partial charge in [-0.25, -0.2) is 4.79 Å². The molecule has 0 atom stereocenters. The second-order valence-corrected chi connectivity index (χ2v) is 4.12. The lowest BCUT2D eigenvalue weighted by molar-refractivity contribution is -0.118. The second-order valence-electron chi connectivity index (χ2n) is 4.12. The number of primary amides is 1. The topological polar surface area (TPSA) is 106 Å². The van der Waals surface area contributed by atoms with Gasteiger partial charge in [-0.05, 0) is 19.9 Å². The fraction of sp³-hybridized carbons (Fsp3) is 0.400. The van der Waals surface area contributed by atoms with Gasteiger partial charge in [-0.2, -0.15) is 0 Å². The van der Waals surface area contributed by atoms with Gasteiger partial charge in [0.25, 0.3) is 0 Å². The van der Waals surface area contributed by atoms with Gasteiger partial charge in [-0.15, -0.1) is 0 Å². The van der Waals surface area contributed by atoms with E-state index in [4.69, 9.17) is 15.3 Å². The van der Waals surface area contributed by atoms with Crippen molar-refractivity contribution < 1.29 is 19.1 Å². The van der Waals surface area contributed by atoms with Gasteiger partial charge in [0.1, 0.15) is 0 Å². The first-order chi connectivity index (χ1) is 7.30. The monoisotopic (exact) mass is 226 g/mol. The summed E-state index contributed by atoms with van der Waals surface area (Å²) >= 11 is 0. The third-order valence-electron chi connectivity index (χ3n) is 1.89. The summed E-state index contributed by atoms with van der Waals surface area (Å²) in [5, 5.41) is 11.5. The zero-order chi connectivity index (χ0) is 12.3. The van der Waals surface area contributed by atoms with Crippen molar-refractivity contribution in [3.63, 3.8) is 0 Å².